The highest BCUT2D eigenvalue weighted by Crippen LogP contribution is 2.17. The Kier molecular flexibility index (Phi) is 2.95. The number of aryl methyl sites for hydroxylation is 1. The number of aromatic nitrogens is 2. The molecule has 2 aromatic rings. The average molecular weight is 216 g/mol. The number of ether oxygens (including phenoxy) is 1. The predicted molar refractivity (Wildman–Crippen MR) is 64.1 cm³/mol. The molecule has 0 unspecified atom stereocenters. The van der Waals surface area contributed by atoms with E-state index in [0.29, 0.717) is 5.88 Å². The molecular formula is C13H16N2O. The van der Waals surface area contributed by atoms with Crippen molar-refractivity contribution in [1.29, 1.82) is 0 Å². The first-order valence-electron chi connectivity index (χ1n) is 5.45. The predicted octanol–water partition coefficient (Wildman–Crippen LogP) is 2.97. The summed E-state index contributed by atoms with van der Waals surface area (Å²) >= 11 is 0. The van der Waals surface area contributed by atoms with Crippen LogP contribution in [-0.2, 0) is 0 Å². The van der Waals surface area contributed by atoms with Gasteiger partial charge in [-0.15, -0.1) is 5.10 Å². The van der Waals surface area contributed by atoms with Crippen LogP contribution in [-0.4, -0.2) is 15.9 Å². The summed E-state index contributed by atoms with van der Waals surface area (Å²) in [5.74, 6) is 0.677. The molecule has 0 amide bonds. The minimum absolute atomic E-state index is 0.151. The molecule has 0 bridgehead atoms. The Balaban J connectivity index is 2.32. The topological polar surface area (TPSA) is 27.1 Å². The van der Waals surface area contributed by atoms with E-state index in [1.54, 1.807) is 0 Å². The van der Waals surface area contributed by atoms with Crippen LogP contribution in [0.1, 0.15) is 19.5 Å². The van der Waals surface area contributed by atoms with Gasteiger partial charge in [0.1, 0.15) is 0 Å². The molecule has 0 radical (unpaired) electrons. The molecule has 0 atom stereocenters. The summed E-state index contributed by atoms with van der Waals surface area (Å²) in [5, 5.41) is 4.41. The fourth-order valence-corrected chi connectivity index (χ4v) is 1.58. The van der Waals surface area contributed by atoms with Gasteiger partial charge in [-0.2, -0.15) is 0 Å². The van der Waals surface area contributed by atoms with Crippen LogP contribution in [0, 0.1) is 6.92 Å². The molecule has 1 aromatic carbocycles. The normalized spacial score (nSPS) is 10.8. The minimum atomic E-state index is 0.151. The Hall–Kier alpha value is -1.77. The maximum absolute atomic E-state index is 5.57. The first kappa shape index (κ1) is 10.7. The van der Waals surface area contributed by atoms with Crippen LogP contribution in [0.4, 0.5) is 0 Å². The minimum Gasteiger partial charge on any atom is -0.474 e. The molecule has 0 fully saturated rings. The maximum Gasteiger partial charge on any atom is 0.233 e. The van der Waals surface area contributed by atoms with Crippen molar-refractivity contribution in [1.82, 2.24) is 9.78 Å². The molecule has 0 saturated heterocycles. The van der Waals surface area contributed by atoms with E-state index >= 15 is 0 Å². The molecule has 0 spiro atoms. The van der Waals surface area contributed by atoms with Crippen molar-refractivity contribution >= 4 is 0 Å². The van der Waals surface area contributed by atoms with Gasteiger partial charge in [0, 0.05) is 11.8 Å². The van der Waals surface area contributed by atoms with Crippen LogP contribution in [0.25, 0.3) is 5.69 Å². The van der Waals surface area contributed by atoms with Gasteiger partial charge in [-0.05, 0) is 32.9 Å². The largest absolute Gasteiger partial charge is 0.474 e. The molecule has 3 heteroatoms. The monoisotopic (exact) mass is 216 g/mol. The average Bonchev–Trinajstić information content (AvgIpc) is 2.60. The Morgan fingerprint density at radius 1 is 1.19 bits per heavy atom. The lowest BCUT2D eigenvalue weighted by Crippen LogP contribution is -2.06. The molecule has 0 saturated carbocycles. The Morgan fingerprint density at radius 2 is 1.88 bits per heavy atom. The Morgan fingerprint density at radius 3 is 2.50 bits per heavy atom. The quantitative estimate of drug-likeness (QED) is 0.788. The molecule has 0 N–H and O–H groups in total. The van der Waals surface area contributed by atoms with E-state index in [0.717, 1.165) is 11.4 Å². The number of para-hydroxylation sites is 1. The zero-order valence-electron chi connectivity index (χ0n) is 9.84. The summed E-state index contributed by atoms with van der Waals surface area (Å²) < 4.78 is 7.45. The van der Waals surface area contributed by atoms with Gasteiger partial charge in [0.05, 0.1) is 11.8 Å². The van der Waals surface area contributed by atoms with Gasteiger partial charge in [0.25, 0.3) is 0 Å². The lowest BCUT2D eigenvalue weighted by Gasteiger charge is -2.05. The van der Waals surface area contributed by atoms with Crippen molar-refractivity contribution in [2.75, 3.05) is 0 Å². The van der Waals surface area contributed by atoms with Gasteiger partial charge in [-0.25, -0.2) is 4.68 Å². The van der Waals surface area contributed by atoms with Crippen LogP contribution in [0.15, 0.2) is 36.4 Å². The summed E-state index contributed by atoms with van der Waals surface area (Å²) in [4.78, 5) is 0. The lowest BCUT2D eigenvalue weighted by atomic mass is 10.3. The second kappa shape index (κ2) is 4.39. The van der Waals surface area contributed by atoms with Gasteiger partial charge in [-0.3, -0.25) is 0 Å². The lowest BCUT2D eigenvalue weighted by molar-refractivity contribution is 0.231. The second-order valence-corrected chi connectivity index (χ2v) is 4.04. The van der Waals surface area contributed by atoms with E-state index in [1.165, 1.54) is 0 Å². The second-order valence-electron chi connectivity index (χ2n) is 4.04. The van der Waals surface area contributed by atoms with E-state index in [4.69, 9.17) is 4.74 Å². The fraction of sp³-hybridized carbons (Fsp3) is 0.308. The first-order valence-corrected chi connectivity index (χ1v) is 5.45. The number of benzene rings is 1. The van der Waals surface area contributed by atoms with E-state index in [2.05, 4.69) is 5.10 Å². The number of hydrogen-bond acceptors (Lipinski definition) is 2. The summed E-state index contributed by atoms with van der Waals surface area (Å²) in [7, 11) is 0. The van der Waals surface area contributed by atoms with Crippen LogP contribution >= 0.6 is 0 Å². The Labute approximate surface area is 95.7 Å². The Bertz CT molecular complexity index is 460. The highest BCUT2D eigenvalue weighted by atomic mass is 16.5. The third-order valence-corrected chi connectivity index (χ3v) is 2.22. The molecule has 1 heterocycles. The molecular weight excluding hydrogens is 200 g/mol. The zero-order chi connectivity index (χ0) is 11.5. The molecule has 3 nitrogen and oxygen atoms in total. The summed E-state index contributed by atoms with van der Waals surface area (Å²) in [6.07, 6.45) is 0.151. The van der Waals surface area contributed by atoms with Crippen LogP contribution in [0.2, 0.25) is 0 Å². The third kappa shape index (κ3) is 2.24. The molecule has 16 heavy (non-hydrogen) atoms. The van der Waals surface area contributed by atoms with E-state index < -0.39 is 0 Å². The van der Waals surface area contributed by atoms with Gasteiger partial charge in [0.2, 0.25) is 5.88 Å². The van der Waals surface area contributed by atoms with Crippen LogP contribution in [0.3, 0.4) is 0 Å². The molecule has 2 rings (SSSR count). The highest BCUT2D eigenvalue weighted by Gasteiger charge is 2.07. The molecule has 84 valence electrons. The fourth-order valence-electron chi connectivity index (χ4n) is 1.58. The third-order valence-electron chi connectivity index (χ3n) is 2.22. The van der Waals surface area contributed by atoms with Crippen molar-refractivity contribution in [3.8, 4) is 11.6 Å². The van der Waals surface area contributed by atoms with E-state index in [9.17, 15) is 0 Å². The SMILES string of the molecule is Cc1cc(OC(C)C)nn1-c1ccccc1. The van der Waals surface area contributed by atoms with Crippen LogP contribution < -0.4 is 4.74 Å². The van der Waals surface area contributed by atoms with Crippen molar-refractivity contribution in [3.05, 3.63) is 42.1 Å². The van der Waals surface area contributed by atoms with Crippen molar-refractivity contribution in [2.45, 2.75) is 26.9 Å². The molecule has 0 aliphatic carbocycles. The number of rotatable bonds is 3. The molecule has 0 aliphatic heterocycles. The molecule has 1 aromatic heterocycles. The number of nitrogens with zero attached hydrogens (tertiary/aromatic N) is 2. The maximum atomic E-state index is 5.57. The number of hydrogen-bond donors (Lipinski definition) is 0. The zero-order valence-corrected chi connectivity index (χ0v) is 9.84. The summed E-state index contributed by atoms with van der Waals surface area (Å²) in [5.41, 5.74) is 2.13. The standard InChI is InChI=1S/C13H16N2O/c1-10(2)16-13-9-11(3)15(14-13)12-7-5-4-6-8-12/h4-10H,1-3H3. The summed E-state index contributed by atoms with van der Waals surface area (Å²) in [6, 6.07) is 12.0. The van der Waals surface area contributed by atoms with Gasteiger partial charge < -0.3 is 4.74 Å². The molecule has 0 aliphatic rings. The van der Waals surface area contributed by atoms with Crippen molar-refractivity contribution in [2.24, 2.45) is 0 Å². The van der Waals surface area contributed by atoms with E-state index in [-0.39, 0.29) is 6.10 Å². The van der Waals surface area contributed by atoms with Crippen LogP contribution in [0.5, 0.6) is 5.88 Å². The van der Waals surface area contributed by atoms with E-state index in [1.807, 2.05) is 61.9 Å². The first-order chi connectivity index (χ1) is 7.66. The highest BCUT2D eigenvalue weighted by molar-refractivity contribution is 5.34. The summed E-state index contributed by atoms with van der Waals surface area (Å²) in [6.45, 7) is 6.01. The van der Waals surface area contributed by atoms with Gasteiger partial charge in [0.15, 0.2) is 0 Å². The smallest absolute Gasteiger partial charge is 0.233 e. The van der Waals surface area contributed by atoms with Crippen molar-refractivity contribution in [3.63, 3.8) is 0 Å². The van der Waals surface area contributed by atoms with Gasteiger partial charge in [-0.1, -0.05) is 18.2 Å². The van der Waals surface area contributed by atoms with Crippen molar-refractivity contribution < 1.29 is 4.74 Å². The van der Waals surface area contributed by atoms with Gasteiger partial charge >= 0.3 is 0 Å².